The Hall–Kier alpha value is -2.63. The number of benzene rings is 2. The van der Waals surface area contributed by atoms with Crippen LogP contribution in [0, 0.1) is 11.6 Å². The molecule has 0 aliphatic carbocycles. The van der Waals surface area contributed by atoms with Gasteiger partial charge in [-0.3, -0.25) is 4.79 Å². The second-order valence-electron chi connectivity index (χ2n) is 4.20. The topological polar surface area (TPSA) is 75.4 Å². The number of hydrogen-bond donors (Lipinski definition) is 3. The van der Waals surface area contributed by atoms with Crippen molar-refractivity contribution >= 4 is 11.6 Å². The van der Waals surface area contributed by atoms with Crippen LogP contribution in [0.2, 0.25) is 0 Å². The summed E-state index contributed by atoms with van der Waals surface area (Å²) in [4.78, 5) is 11.0. The lowest BCUT2D eigenvalue weighted by atomic mass is 10.1. The molecule has 104 valence electrons. The molecular weight excluding hydrogens is 266 g/mol. The van der Waals surface area contributed by atoms with Crippen LogP contribution in [0.25, 0.3) is 0 Å². The van der Waals surface area contributed by atoms with Gasteiger partial charge in [0.25, 0.3) is 5.91 Å². The van der Waals surface area contributed by atoms with E-state index in [0.717, 1.165) is 11.6 Å². The molecule has 0 aromatic heterocycles. The molecule has 0 unspecified atom stereocenters. The van der Waals surface area contributed by atoms with E-state index in [1.54, 1.807) is 12.1 Å². The average molecular weight is 278 g/mol. The number of nitrogens with one attached hydrogen (secondary N) is 1. The molecule has 20 heavy (non-hydrogen) atoms. The maximum Gasteiger partial charge on any atom is 0.251 e. The van der Waals surface area contributed by atoms with Crippen molar-refractivity contribution in [3.8, 4) is 5.75 Å². The van der Waals surface area contributed by atoms with Crippen LogP contribution < -0.4 is 11.1 Å². The van der Waals surface area contributed by atoms with Gasteiger partial charge in [0.2, 0.25) is 0 Å². The highest BCUT2D eigenvalue weighted by Crippen LogP contribution is 2.20. The lowest BCUT2D eigenvalue weighted by Gasteiger charge is -2.09. The van der Waals surface area contributed by atoms with Gasteiger partial charge < -0.3 is 16.2 Å². The first-order valence-corrected chi connectivity index (χ1v) is 5.78. The second-order valence-corrected chi connectivity index (χ2v) is 4.20. The molecule has 0 atom stereocenters. The van der Waals surface area contributed by atoms with Gasteiger partial charge in [0, 0.05) is 12.6 Å². The van der Waals surface area contributed by atoms with Gasteiger partial charge in [-0.05, 0) is 23.8 Å². The molecule has 0 spiro atoms. The maximum atomic E-state index is 13.6. The van der Waals surface area contributed by atoms with Crippen molar-refractivity contribution in [1.82, 2.24) is 0 Å². The van der Waals surface area contributed by atoms with Crippen molar-refractivity contribution in [3.05, 3.63) is 59.2 Å². The van der Waals surface area contributed by atoms with E-state index in [1.165, 1.54) is 12.1 Å². The van der Waals surface area contributed by atoms with E-state index in [4.69, 9.17) is 10.8 Å². The zero-order valence-electron chi connectivity index (χ0n) is 10.4. The predicted molar refractivity (Wildman–Crippen MR) is 70.3 cm³/mol. The summed E-state index contributed by atoms with van der Waals surface area (Å²) in [6.45, 7) is 0.251. The van der Waals surface area contributed by atoms with Gasteiger partial charge in [-0.1, -0.05) is 12.1 Å². The molecule has 0 aliphatic rings. The Morgan fingerprint density at radius 2 is 1.80 bits per heavy atom. The van der Waals surface area contributed by atoms with E-state index >= 15 is 0 Å². The average Bonchev–Trinajstić information content (AvgIpc) is 2.39. The van der Waals surface area contributed by atoms with Gasteiger partial charge in [0.05, 0.1) is 11.3 Å². The van der Waals surface area contributed by atoms with Gasteiger partial charge in [-0.25, -0.2) is 8.78 Å². The second kappa shape index (κ2) is 5.56. The van der Waals surface area contributed by atoms with Crippen molar-refractivity contribution in [3.63, 3.8) is 0 Å². The monoisotopic (exact) mass is 278 g/mol. The van der Waals surface area contributed by atoms with Crippen molar-refractivity contribution in [2.45, 2.75) is 6.54 Å². The molecule has 0 bridgehead atoms. The van der Waals surface area contributed by atoms with Crippen LogP contribution in [0.3, 0.4) is 0 Å². The highest BCUT2D eigenvalue weighted by atomic mass is 19.1. The zero-order valence-corrected chi connectivity index (χ0v) is 10.4. The summed E-state index contributed by atoms with van der Waals surface area (Å²) < 4.78 is 26.9. The van der Waals surface area contributed by atoms with Crippen LogP contribution in [-0.4, -0.2) is 11.0 Å². The van der Waals surface area contributed by atoms with Crippen LogP contribution in [0.4, 0.5) is 14.5 Å². The number of rotatable bonds is 4. The number of halogens is 2. The molecule has 0 saturated heterocycles. The van der Waals surface area contributed by atoms with E-state index < -0.39 is 17.5 Å². The normalized spacial score (nSPS) is 10.3. The maximum absolute atomic E-state index is 13.6. The fraction of sp³-hybridized carbons (Fsp3) is 0.0714. The summed E-state index contributed by atoms with van der Waals surface area (Å²) in [5.74, 6) is -2.65. The van der Waals surface area contributed by atoms with Crippen LogP contribution in [-0.2, 0) is 6.54 Å². The Balaban J connectivity index is 2.18. The highest BCUT2D eigenvalue weighted by Gasteiger charge is 2.13. The van der Waals surface area contributed by atoms with Crippen molar-refractivity contribution in [2.75, 3.05) is 5.32 Å². The van der Waals surface area contributed by atoms with Gasteiger partial charge in [-0.2, -0.15) is 0 Å². The third kappa shape index (κ3) is 3.03. The fourth-order valence-electron chi connectivity index (χ4n) is 1.68. The van der Waals surface area contributed by atoms with E-state index in [9.17, 15) is 13.6 Å². The SMILES string of the molecule is NC(=O)c1cc(NCc2ccc(O)cc2)c(F)cc1F. The molecule has 4 nitrogen and oxygen atoms in total. The standard InChI is InChI=1S/C14H12F2N2O2/c15-11-6-12(16)13(5-10(11)14(17)20)18-7-8-1-3-9(19)4-2-8/h1-6,18-19H,7H2,(H2,17,20). The van der Waals surface area contributed by atoms with Crippen LogP contribution in [0.15, 0.2) is 36.4 Å². The van der Waals surface area contributed by atoms with E-state index in [1.807, 2.05) is 0 Å². The number of anilines is 1. The Morgan fingerprint density at radius 3 is 2.40 bits per heavy atom. The highest BCUT2D eigenvalue weighted by molar-refractivity contribution is 5.94. The number of amides is 1. The molecule has 0 aliphatic heterocycles. The van der Waals surface area contributed by atoms with Crippen LogP contribution in [0.1, 0.15) is 15.9 Å². The number of phenols is 1. The first-order chi connectivity index (χ1) is 9.47. The number of carbonyl (C=O) groups is 1. The molecular formula is C14H12F2N2O2. The van der Waals surface area contributed by atoms with E-state index in [0.29, 0.717) is 6.07 Å². The summed E-state index contributed by atoms with van der Waals surface area (Å²) in [5.41, 5.74) is 5.39. The number of phenolic OH excluding ortho intramolecular Hbond substituents is 1. The molecule has 0 fully saturated rings. The first kappa shape index (κ1) is 13.8. The lowest BCUT2D eigenvalue weighted by molar-refractivity contribution is 0.0996. The molecule has 2 aromatic rings. The van der Waals surface area contributed by atoms with Gasteiger partial charge >= 0.3 is 0 Å². The molecule has 4 N–H and O–H groups in total. The van der Waals surface area contributed by atoms with Gasteiger partial charge in [0.15, 0.2) is 0 Å². The Bertz CT molecular complexity index is 642. The molecule has 0 saturated carbocycles. The van der Waals surface area contributed by atoms with Gasteiger partial charge in [-0.15, -0.1) is 0 Å². The predicted octanol–water partition coefficient (Wildman–Crippen LogP) is 2.38. The molecule has 0 radical (unpaired) electrons. The minimum Gasteiger partial charge on any atom is -0.508 e. The van der Waals surface area contributed by atoms with Crippen LogP contribution in [0.5, 0.6) is 5.75 Å². The van der Waals surface area contributed by atoms with Crippen LogP contribution >= 0.6 is 0 Å². The molecule has 0 heterocycles. The zero-order chi connectivity index (χ0) is 14.7. The first-order valence-electron chi connectivity index (χ1n) is 5.78. The number of carbonyl (C=O) groups excluding carboxylic acids is 1. The largest absolute Gasteiger partial charge is 0.508 e. The van der Waals surface area contributed by atoms with E-state index in [-0.39, 0.29) is 23.5 Å². The van der Waals surface area contributed by atoms with Crippen molar-refractivity contribution < 1.29 is 18.7 Å². The summed E-state index contributed by atoms with van der Waals surface area (Å²) in [6, 6.07) is 7.93. The summed E-state index contributed by atoms with van der Waals surface area (Å²) in [5, 5.41) is 11.9. The molecule has 2 rings (SSSR count). The Kier molecular flexibility index (Phi) is 3.84. The Labute approximate surface area is 113 Å². The fourth-order valence-corrected chi connectivity index (χ4v) is 1.68. The molecule has 1 amide bonds. The van der Waals surface area contributed by atoms with Gasteiger partial charge in [0.1, 0.15) is 17.4 Å². The minimum absolute atomic E-state index is 0.0201. The lowest BCUT2D eigenvalue weighted by Crippen LogP contribution is -2.14. The third-order valence-electron chi connectivity index (χ3n) is 2.74. The number of aromatic hydroxyl groups is 1. The minimum atomic E-state index is -0.995. The molecule has 2 aromatic carbocycles. The van der Waals surface area contributed by atoms with Crippen molar-refractivity contribution in [2.24, 2.45) is 5.73 Å². The number of nitrogens with two attached hydrogens (primary N) is 1. The van der Waals surface area contributed by atoms with Crippen molar-refractivity contribution in [1.29, 1.82) is 0 Å². The molecule has 6 heteroatoms. The number of hydrogen-bond acceptors (Lipinski definition) is 3. The number of primary amides is 1. The summed E-state index contributed by atoms with van der Waals surface area (Å²) >= 11 is 0. The quantitative estimate of drug-likeness (QED) is 0.803. The summed E-state index contributed by atoms with van der Waals surface area (Å²) in [7, 11) is 0. The third-order valence-corrected chi connectivity index (χ3v) is 2.74. The van der Waals surface area contributed by atoms with E-state index in [2.05, 4.69) is 5.32 Å². The smallest absolute Gasteiger partial charge is 0.251 e. The summed E-state index contributed by atoms with van der Waals surface area (Å²) in [6.07, 6.45) is 0. The Morgan fingerprint density at radius 1 is 1.15 bits per heavy atom.